The predicted octanol–water partition coefficient (Wildman–Crippen LogP) is 3.97. The van der Waals surface area contributed by atoms with Gasteiger partial charge in [0.15, 0.2) is 0 Å². The highest BCUT2D eigenvalue weighted by atomic mass is 32.1. The first kappa shape index (κ1) is 18.5. The van der Waals surface area contributed by atoms with Crippen LogP contribution in [0.2, 0.25) is 0 Å². The van der Waals surface area contributed by atoms with Crippen LogP contribution in [0.1, 0.15) is 32.6 Å². The van der Waals surface area contributed by atoms with E-state index in [-0.39, 0.29) is 12.0 Å². The Morgan fingerprint density at radius 3 is 2.58 bits per heavy atom. The third-order valence-electron chi connectivity index (χ3n) is 4.09. The van der Waals surface area contributed by atoms with Crippen molar-refractivity contribution < 1.29 is 9.53 Å². The van der Waals surface area contributed by atoms with E-state index in [1.165, 1.54) is 4.88 Å². The number of amides is 1. The molecule has 140 valence electrons. The number of hydrogen-bond acceptors (Lipinski definition) is 8. The number of anilines is 1. The number of carbonyl (C=O) groups excluding carboxylic acids is 1. The average Bonchev–Trinajstić information content (AvgIpc) is 3.02. The largest absolute Gasteiger partial charge is 0.444 e. The lowest BCUT2D eigenvalue weighted by Gasteiger charge is -2.36. The van der Waals surface area contributed by atoms with Crippen LogP contribution < -0.4 is 4.90 Å². The van der Waals surface area contributed by atoms with Crippen LogP contribution in [0.5, 0.6) is 0 Å². The summed E-state index contributed by atoms with van der Waals surface area (Å²) in [5.41, 5.74) is 6.77. The lowest BCUT2D eigenvalue weighted by molar-refractivity contribution is 0.0240. The van der Waals surface area contributed by atoms with Crippen molar-refractivity contribution in [1.29, 1.82) is 5.53 Å². The van der Waals surface area contributed by atoms with Crippen molar-refractivity contribution in [2.45, 2.75) is 39.7 Å². The van der Waals surface area contributed by atoms with Crippen LogP contribution in [0.15, 0.2) is 11.2 Å². The molecule has 2 aromatic rings. The van der Waals surface area contributed by atoms with E-state index in [9.17, 15) is 4.79 Å². The summed E-state index contributed by atoms with van der Waals surface area (Å²) in [4.78, 5) is 27.0. The van der Waals surface area contributed by atoms with Crippen molar-refractivity contribution in [3.8, 4) is 0 Å². The predicted molar refractivity (Wildman–Crippen MR) is 102 cm³/mol. The molecule has 3 heterocycles. The maximum absolute atomic E-state index is 12.2. The van der Waals surface area contributed by atoms with E-state index < -0.39 is 5.60 Å². The fourth-order valence-electron chi connectivity index (χ4n) is 2.84. The van der Waals surface area contributed by atoms with Crippen molar-refractivity contribution in [3.63, 3.8) is 0 Å². The Morgan fingerprint density at radius 2 is 2.00 bits per heavy atom. The number of ether oxygens (including phenoxy) is 1. The highest BCUT2D eigenvalue weighted by Crippen LogP contribution is 2.33. The molecule has 1 amide bonds. The van der Waals surface area contributed by atoms with Gasteiger partial charge in [-0.1, -0.05) is 6.92 Å². The van der Waals surface area contributed by atoms with Crippen LogP contribution in [-0.2, 0) is 11.2 Å². The van der Waals surface area contributed by atoms with Gasteiger partial charge in [-0.3, -0.25) is 0 Å². The zero-order valence-corrected chi connectivity index (χ0v) is 16.4. The Labute approximate surface area is 156 Å². The average molecular weight is 376 g/mol. The summed E-state index contributed by atoms with van der Waals surface area (Å²) in [6, 6.07) is 2.11. The van der Waals surface area contributed by atoms with Gasteiger partial charge in [0.25, 0.3) is 5.95 Å². The Kier molecular flexibility index (Phi) is 5.08. The molecule has 0 unspecified atom stereocenters. The zero-order chi connectivity index (χ0) is 18.9. The monoisotopic (exact) mass is 376 g/mol. The summed E-state index contributed by atoms with van der Waals surface area (Å²) in [6.07, 6.45) is 0.649. The van der Waals surface area contributed by atoms with Gasteiger partial charge in [-0.25, -0.2) is 10.3 Å². The quantitative estimate of drug-likeness (QED) is 0.818. The minimum absolute atomic E-state index is 0.173. The second-order valence-corrected chi connectivity index (χ2v) is 8.31. The van der Waals surface area contributed by atoms with E-state index in [4.69, 9.17) is 10.3 Å². The van der Waals surface area contributed by atoms with E-state index >= 15 is 0 Å². The van der Waals surface area contributed by atoms with Gasteiger partial charge in [-0.2, -0.15) is 9.97 Å². The van der Waals surface area contributed by atoms with Crippen LogP contribution >= 0.6 is 11.3 Å². The molecule has 1 saturated heterocycles. The number of thiophene rings is 1. The van der Waals surface area contributed by atoms with Crippen molar-refractivity contribution >= 4 is 39.4 Å². The topological polar surface area (TPSA) is 94.8 Å². The van der Waals surface area contributed by atoms with E-state index in [2.05, 4.69) is 33.0 Å². The summed E-state index contributed by atoms with van der Waals surface area (Å²) in [5, 5.41) is 4.41. The van der Waals surface area contributed by atoms with E-state index in [0.717, 1.165) is 22.5 Å². The molecule has 0 aliphatic carbocycles. The minimum Gasteiger partial charge on any atom is -0.444 e. The fourth-order valence-corrected chi connectivity index (χ4v) is 3.79. The van der Waals surface area contributed by atoms with Gasteiger partial charge in [-0.15, -0.1) is 16.5 Å². The highest BCUT2D eigenvalue weighted by molar-refractivity contribution is 7.18. The summed E-state index contributed by atoms with van der Waals surface area (Å²) >= 11 is 1.61. The highest BCUT2D eigenvalue weighted by Gasteiger charge is 2.27. The van der Waals surface area contributed by atoms with E-state index in [0.29, 0.717) is 26.2 Å². The van der Waals surface area contributed by atoms with Crippen molar-refractivity contribution in [1.82, 2.24) is 14.9 Å². The first-order valence-corrected chi connectivity index (χ1v) is 9.53. The second kappa shape index (κ2) is 7.14. The van der Waals surface area contributed by atoms with Crippen LogP contribution in [-0.4, -0.2) is 52.7 Å². The van der Waals surface area contributed by atoms with E-state index in [1.807, 2.05) is 20.8 Å². The third kappa shape index (κ3) is 3.92. The molecule has 0 atom stereocenters. The van der Waals surface area contributed by atoms with Gasteiger partial charge < -0.3 is 14.5 Å². The van der Waals surface area contributed by atoms with Crippen LogP contribution in [0, 0.1) is 5.53 Å². The van der Waals surface area contributed by atoms with Gasteiger partial charge in [0, 0.05) is 31.1 Å². The number of nitrogens with zero attached hydrogens (tertiary/aromatic N) is 5. The Balaban J connectivity index is 1.80. The summed E-state index contributed by atoms with van der Waals surface area (Å²) in [7, 11) is 0. The third-order valence-corrected chi connectivity index (χ3v) is 5.26. The SMILES string of the molecule is CCc1cc2c(N3CCN(C(=O)OC(C)(C)C)CC3)nc(N=N)nc2s1. The molecule has 0 aromatic carbocycles. The van der Waals surface area contributed by atoms with Crippen molar-refractivity contribution in [2.24, 2.45) is 5.11 Å². The number of carbonyl (C=O) groups is 1. The van der Waals surface area contributed by atoms with E-state index in [1.54, 1.807) is 16.2 Å². The molecular formula is C17H24N6O2S. The minimum atomic E-state index is -0.495. The number of hydrogen-bond donors (Lipinski definition) is 1. The van der Waals surface area contributed by atoms with Gasteiger partial charge in [0.1, 0.15) is 16.2 Å². The number of nitrogens with one attached hydrogen (secondary N) is 1. The molecular weight excluding hydrogens is 352 g/mol. The molecule has 1 N–H and O–H groups in total. The smallest absolute Gasteiger partial charge is 0.410 e. The molecule has 0 spiro atoms. The van der Waals surface area contributed by atoms with Gasteiger partial charge in [-0.05, 0) is 33.3 Å². The number of fused-ring (bicyclic) bond motifs is 1. The molecule has 3 rings (SSSR count). The standard InChI is InChI=1S/C17H24N6O2S/c1-5-11-10-12-13(19-15(21-18)20-14(12)26-11)22-6-8-23(9-7-22)16(24)25-17(2,3)4/h10,18H,5-9H2,1-4H3. The normalized spacial score (nSPS) is 15.4. The molecule has 1 aliphatic heterocycles. The van der Waals surface area contributed by atoms with Gasteiger partial charge in [0.05, 0.1) is 5.39 Å². The Bertz CT molecular complexity index is 821. The van der Waals surface area contributed by atoms with Crippen LogP contribution in [0.4, 0.5) is 16.6 Å². The van der Waals surface area contributed by atoms with Crippen LogP contribution in [0.25, 0.3) is 10.2 Å². The first-order valence-electron chi connectivity index (χ1n) is 8.71. The summed E-state index contributed by atoms with van der Waals surface area (Å²) in [5.74, 6) is 0.965. The fraction of sp³-hybridized carbons (Fsp3) is 0.588. The van der Waals surface area contributed by atoms with Gasteiger partial charge in [0.2, 0.25) is 0 Å². The lowest BCUT2D eigenvalue weighted by atomic mass is 10.2. The van der Waals surface area contributed by atoms with Gasteiger partial charge >= 0.3 is 6.09 Å². The number of aryl methyl sites for hydroxylation is 1. The van der Waals surface area contributed by atoms with Crippen molar-refractivity contribution in [3.05, 3.63) is 10.9 Å². The number of aromatic nitrogens is 2. The van der Waals surface area contributed by atoms with Crippen LogP contribution in [0.3, 0.4) is 0 Å². The zero-order valence-electron chi connectivity index (χ0n) is 15.6. The maximum Gasteiger partial charge on any atom is 0.410 e. The number of piperazine rings is 1. The maximum atomic E-state index is 12.2. The molecule has 2 aromatic heterocycles. The Morgan fingerprint density at radius 1 is 1.31 bits per heavy atom. The molecule has 8 nitrogen and oxygen atoms in total. The summed E-state index contributed by atoms with van der Waals surface area (Å²) < 4.78 is 5.45. The molecule has 0 bridgehead atoms. The first-order chi connectivity index (χ1) is 12.3. The van der Waals surface area contributed by atoms with Crippen molar-refractivity contribution in [2.75, 3.05) is 31.1 Å². The molecule has 0 radical (unpaired) electrons. The molecule has 26 heavy (non-hydrogen) atoms. The molecule has 9 heteroatoms. The lowest BCUT2D eigenvalue weighted by Crippen LogP contribution is -2.50. The molecule has 1 aliphatic rings. The molecule has 0 saturated carbocycles. The summed E-state index contributed by atoms with van der Waals surface area (Å²) in [6.45, 7) is 10.1. The molecule has 1 fully saturated rings. The Hall–Kier alpha value is -2.29. The number of rotatable bonds is 3. The second-order valence-electron chi connectivity index (χ2n) is 7.20.